The molecule has 1 aliphatic rings. The van der Waals surface area contributed by atoms with Gasteiger partial charge in [0.1, 0.15) is 0 Å². The van der Waals surface area contributed by atoms with Crippen molar-refractivity contribution in [3.63, 3.8) is 0 Å². The maximum Gasteiger partial charge on any atom is 0.239 e. The number of fused-ring (bicyclic) bond motifs is 1. The zero-order chi connectivity index (χ0) is 18.1. The quantitative estimate of drug-likeness (QED) is 0.636. The molecular weight excluding hydrogens is 340 g/mol. The molecule has 0 fully saturated rings. The van der Waals surface area contributed by atoms with Gasteiger partial charge in [-0.1, -0.05) is 56.0 Å². The third-order valence-corrected chi connectivity index (χ3v) is 5.73. The van der Waals surface area contributed by atoms with Gasteiger partial charge in [-0.15, -0.1) is 11.3 Å². The maximum absolute atomic E-state index is 13.7. The van der Waals surface area contributed by atoms with Gasteiger partial charge in [-0.25, -0.2) is 4.98 Å². The van der Waals surface area contributed by atoms with Gasteiger partial charge in [0.2, 0.25) is 5.91 Å². The van der Waals surface area contributed by atoms with Crippen LogP contribution in [0.15, 0.2) is 66.7 Å². The number of benzene rings is 2. The standard InChI is InChI=1S/C22H20N2OS/c1-3-16-9-10-17-14-22(2,15-18(17)13-16)20(25)24(21-23-11-12-26-21)19-7-5-4-6-8-19/h3-13H,1,14-15H2,2H3. The van der Waals surface area contributed by atoms with E-state index in [0.717, 1.165) is 24.1 Å². The van der Waals surface area contributed by atoms with Crippen molar-refractivity contribution in [2.75, 3.05) is 4.90 Å². The van der Waals surface area contributed by atoms with Crippen LogP contribution in [0.1, 0.15) is 23.6 Å². The van der Waals surface area contributed by atoms with Crippen molar-refractivity contribution in [3.05, 3.63) is 83.4 Å². The molecule has 0 aliphatic heterocycles. The van der Waals surface area contributed by atoms with Crippen LogP contribution in [0.25, 0.3) is 6.08 Å². The van der Waals surface area contributed by atoms with Gasteiger partial charge in [0.05, 0.1) is 11.1 Å². The number of amides is 1. The van der Waals surface area contributed by atoms with Crippen LogP contribution < -0.4 is 4.90 Å². The monoisotopic (exact) mass is 360 g/mol. The van der Waals surface area contributed by atoms with Crippen LogP contribution in [0, 0.1) is 5.41 Å². The number of aromatic nitrogens is 1. The third-order valence-electron chi connectivity index (χ3n) is 4.97. The van der Waals surface area contributed by atoms with E-state index in [4.69, 9.17) is 0 Å². The van der Waals surface area contributed by atoms with Crippen LogP contribution >= 0.6 is 11.3 Å². The Labute approximate surface area is 157 Å². The summed E-state index contributed by atoms with van der Waals surface area (Å²) in [7, 11) is 0. The number of nitrogens with zero attached hydrogens (tertiary/aromatic N) is 2. The Bertz CT molecular complexity index is 950. The lowest BCUT2D eigenvalue weighted by Gasteiger charge is -2.30. The molecule has 1 atom stereocenters. The largest absolute Gasteiger partial charge is 0.273 e. The third kappa shape index (κ3) is 2.86. The highest BCUT2D eigenvalue weighted by molar-refractivity contribution is 7.13. The number of rotatable bonds is 4. The molecule has 1 heterocycles. The predicted molar refractivity (Wildman–Crippen MR) is 108 cm³/mol. The molecule has 4 rings (SSSR count). The average Bonchev–Trinajstić information content (AvgIpc) is 3.29. The SMILES string of the molecule is C=Cc1ccc2c(c1)CC(C)(C(=O)N(c1ccccc1)c1nccs1)C2. The molecule has 1 aliphatic carbocycles. The Balaban J connectivity index is 1.72. The van der Waals surface area contributed by atoms with Gasteiger partial charge in [-0.3, -0.25) is 9.69 Å². The summed E-state index contributed by atoms with van der Waals surface area (Å²) in [5, 5.41) is 2.62. The first-order chi connectivity index (χ1) is 12.6. The zero-order valence-corrected chi connectivity index (χ0v) is 15.5. The van der Waals surface area contributed by atoms with Crippen molar-refractivity contribution in [3.8, 4) is 0 Å². The summed E-state index contributed by atoms with van der Waals surface area (Å²) >= 11 is 1.48. The van der Waals surface area contributed by atoms with Crippen LogP contribution in [0.3, 0.4) is 0 Å². The first kappa shape index (κ1) is 16.7. The van der Waals surface area contributed by atoms with E-state index in [1.807, 2.05) is 41.8 Å². The van der Waals surface area contributed by atoms with Gasteiger partial charge in [-0.05, 0) is 41.7 Å². The highest BCUT2D eigenvalue weighted by Crippen LogP contribution is 2.41. The Kier molecular flexibility index (Phi) is 4.21. The molecule has 3 nitrogen and oxygen atoms in total. The Hall–Kier alpha value is -2.72. The second-order valence-electron chi connectivity index (χ2n) is 6.94. The Morgan fingerprint density at radius 2 is 1.96 bits per heavy atom. The summed E-state index contributed by atoms with van der Waals surface area (Å²) in [6, 6.07) is 16.1. The second-order valence-corrected chi connectivity index (χ2v) is 7.81. The summed E-state index contributed by atoms with van der Waals surface area (Å²) < 4.78 is 0. The first-order valence-corrected chi connectivity index (χ1v) is 9.52. The summed E-state index contributed by atoms with van der Waals surface area (Å²) in [6.07, 6.45) is 5.07. The minimum absolute atomic E-state index is 0.0926. The van der Waals surface area contributed by atoms with E-state index < -0.39 is 5.41 Å². The molecule has 0 N–H and O–H groups in total. The Morgan fingerprint density at radius 1 is 1.19 bits per heavy atom. The van der Waals surface area contributed by atoms with Gasteiger partial charge in [-0.2, -0.15) is 0 Å². The van der Waals surface area contributed by atoms with Crippen molar-refractivity contribution in [2.45, 2.75) is 19.8 Å². The van der Waals surface area contributed by atoms with E-state index in [1.165, 1.54) is 22.5 Å². The zero-order valence-electron chi connectivity index (χ0n) is 14.7. The van der Waals surface area contributed by atoms with E-state index in [0.29, 0.717) is 5.13 Å². The van der Waals surface area contributed by atoms with E-state index in [1.54, 1.807) is 11.1 Å². The van der Waals surface area contributed by atoms with Crippen molar-refractivity contribution < 1.29 is 4.79 Å². The molecule has 1 aromatic heterocycles. The topological polar surface area (TPSA) is 33.2 Å². The lowest BCUT2D eigenvalue weighted by Crippen LogP contribution is -2.40. The molecule has 130 valence electrons. The molecule has 0 saturated heterocycles. The first-order valence-electron chi connectivity index (χ1n) is 8.64. The molecule has 2 aromatic carbocycles. The number of carbonyl (C=O) groups is 1. The summed E-state index contributed by atoms with van der Waals surface area (Å²) in [6.45, 7) is 5.91. The minimum Gasteiger partial charge on any atom is -0.273 e. The van der Waals surface area contributed by atoms with Gasteiger partial charge >= 0.3 is 0 Å². The van der Waals surface area contributed by atoms with Crippen molar-refractivity contribution >= 4 is 34.1 Å². The molecule has 0 spiro atoms. The fraction of sp³-hybridized carbons (Fsp3) is 0.182. The van der Waals surface area contributed by atoms with Crippen LogP contribution in [0.2, 0.25) is 0 Å². The number of para-hydroxylation sites is 1. The van der Waals surface area contributed by atoms with Crippen LogP contribution in [-0.4, -0.2) is 10.9 Å². The predicted octanol–water partition coefficient (Wildman–Crippen LogP) is 5.26. The van der Waals surface area contributed by atoms with Gasteiger partial charge in [0.25, 0.3) is 0 Å². The number of thiazole rings is 1. The van der Waals surface area contributed by atoms with E-state index in [2.05, 4.69) is 36.7 Å². The molecule has 3 aromatic rings. The van der Waals surface area contributed by atoms with Crippen molar-refractivity contribution in [1.29, 1.82) is 0 Å². The number of anilines is 2. The maximum atomic E-state index is 13.7. The molecule has 26 heavy (non-hydrogen) atoms. The van der Waals surface area contributed by atoms with Gasteiger partial charge in [0.15, 0.2) is 5.13 Å². The van der Waals surface area contributed by atoms with Crippen molar-refractivity contribution in [2.24, 2.45) is 5.41 Å². The van der Waals surface area contributed by atoms with E-state index in [-0.39, 0.29) is 5.91 Å². The summed E-state index contributed by atoms with van der Waals surface area (Å²) in [5.41, 5.74) is 3.96. The smallest absolute Gasteiger partial charge is 0.239 e. The second kappa shape index (κ2) is 6.54. The fourth-order valence-electron chi connectivity index (χ4n) is 3.65. The summed E-state index contributed by atoms with van der Waals surface area (Å²) in [4.78, 5) is 19.8. The van der Waals surface area contributed by atoms with Crippen LogP contribution in [0.4, 0.5) is 10.8 Å². The number of carbonyl (C=O) groups excluding carboxylic acids is 1. The number of hydrogen-bond donors (Lipinski definition) is 0. The Morgan fingerprint density at radius 3 is 2.65 bits per heavy atom. The molecule has 4 heteroatoms. The fourth-order valence-corrected chi connectivity index (χ4v) is 4.31. The van der Waals surface area contributed by atoms with Crippen molar-refractivity contribution in [1.82, 2.24) is 4.98 Å². The van der Waals surface area contributed by atoms with Crippen LogP contribution in [0.5, 0.6) is 0 Å². The highest BCUT2D eigenvalue weighted by Gasteiger charge is 2.43. The molecule has 0 radical (unpaired) electrons. The van der Waals surface area contributed by atoms with Crippen LogP contribution in [-0.2, 0) is 17.6 Å². The number of hydrogen-bond acceptors (Lipinski definition) is 3. The molecule has 1 unspecified atom stereocenters. The lowest BCUT2D eigenvalue weighted by molar-refractivity contribution is -0.126. The minimum atomic E-state index is -0.483. The van der Waals surface area contributed by atoms with Gasteiger partial charge in [0, 0.05) is 11.6 Å². The highest BCUT2D eigenvalue weighted by atomic mass is 32.1. The average molecular weight is 360 g/mol. The molecule has 0 saturated carbocycles. The molecule has 1 amide bonds. The lowest BCUT2D eigenvalue weighted by atomic mass is 9.85. The van der Waals surface area contributed by atoms with Gasteiger partial charge < -0.3 is 0 Å². The van der Waals surface area contributed by atoms with E-state index >= 15 is 0 Å². The normalized spacial score (nSPS) is 18.3. The molecular formula is C22H20N2OS. The molecule has 0 bridgehead atoms. The van der Waals surface area contributed by atoms with E-state index in [9.17, 15) is 4.79 Å². The summed E-state index contributed by atoms with van der Waals surface area (Å²) in [5.74, 6) is 0.0926.